The SMILES string of the molecule is CC1(C)CCC(C)(C(=O)N(C(=O)C23CCC(C)(C(=O)O2)C3(C)C)c2ccc(Cl)cc2C(=O)C(F)(F)F)OC1=O. The molecule has 1 aromatic carbocycles. The smallest absolute Gasteiger partial charge is 0.449 e. The number of imide groups is 1. The second kappa shape index (κ2) is 8.52. The van der Waals surface area contributed by atoms with Crippen LogP contribution >= 0.6 is 11.6 Å². The summed E-state index contributed by atoms with van der Waals surface area (Å²) in [7, 11) is 0. The van der Waals surface area contributed by atoms with Crippen LogP contribution in [0.4, 0.5) is 18.9 Å². The molecule has 1 aromatic rings. The number of hydrogen-bond acceptors (Lipinski definition) is 7. The van der Waals surface area contributed by atoms with Crippen molar-refractivity contribution in [2.45, 2.75) is 84.6 Å². The first-order chi connectivity index (χ1) is 17.6. The zero-order valence-corrected chi connectivity index (χ0v) is 23.1. The Balaban J connectivity index is 1.93. The van der Waals surface area contributed by atoms with Crippen molar-refractivity contribution in [1.29, 1.82) is 0 Å². The molecule has 2 bridgehead atoms. The van der Waals surface area contributed by atoms with Crippen LogP contribution in [0.25, 0.3) is 0 Å². The molecule has 0 radical (unpaired) electrons. The zero-order valence-electron chi connectivity index (χ0n) is 22.4. The quantitative estimate of drug-likeness (QED) is 0.278. The fourth-order valence-electron chi connectivity index (χ4n) is 5.68. The van der Waals surface area contributed by atoms with Crippen LogP contribution in [-0.4, -0.2) is 46.9 Å². The number of anilines is 1. The number of alkyl halides is 3. The van der Waals surface area contributed by atoms with E-state index in [1.54, 1.807) is 34.6 Å². The topological polar surface area (TPSA) is 107 Å². The number of carbonyl (C=O) groups excluding carboxylic acids is 5. The van der Waals surface area contributed by atoms with Gasteiger partial charge in [-0.1, -0.05) is 25.4 Å². The molecule has 212 valence electrons. The number of cyclic esters (lactones) is 1. The Morgan fingerprint density at radius 2 is 1.49 bits per heavy atom. The van der Waals surface area contributed by atoms with Crippen molar-refractivity contribution in [2.24, 2.45) is 16.2 Å². The molecule has 2 amide bonds. The van der Waals surface area contributed by atoms with Crippen molar-refractivity contribution in [2.75, 3.05) is 4.90 Å². The number of esters is 2. The van der Waals surface area contributed by atoms with Gasteiger partial charge in [0, 0.05) is 10.4 Å². The molecule has 4 rings (SSSR count). The molecular formula is C27H29ClF3NO7. The number of benzene rings is 1. The third-order valence-corrected chi connectivity index (χ3v) is 9.32. The second-order valence-corrected chi connectivity index (χ2v) is 12.5. The molecule has 3 atom stereocenters. The minimum Gasteiger partial charge on any atom is -0.449 e. The molecule has 0 spiro atoms. The summed E-state index contributed by atoms with van der Waals surface area (Å²) >= 11 is 5.93. The molecule has 39 heavy (non-hydrogen) atoms. The van der Waals surface area contributed by atoms with E-state index in [0.717, 1.165) is 12.1 Å². The number of amides is 2. The van der Waals surface area contributed by atoms with Crippen LogP contribution in [0.15, 0.2) is 18.2 Å². The van der Waals surface area contributed by atoms with Crippen LogP contribution in [0.3, 0.4) is 0 Å². The summed E-state index contributed by atoms with van der Waals surface area (Å²) in [5, 5.41) is -0.248. The van der Waals surface area contributed by atoms with Gasteiger partial charge in [-0.15, -0.1) is 0 Å². The predicted molar refractivity (Wildman–Crippen MR) is 132 cm³/mol. The zero-order chi connectivity index (χ0) is 29.6. The van der Waals surface area contributed by atoms with Crippen molar-refractivity contribution in [1.82, 2.24) is 0 Å². The van der Waals surface area contributed by atoms with Gasteiger partial charge in [0.25, 0.3) is 17.6 Å². The molecule has 1 saturated carbocycles. The monoisotopic (exact) mass is 571 g/mol. The van der Waals surface area contributed by atoms with E-state index in [0.29, 0.717) is 11.0 Å². The van der Waals surface area contributed by atoms with Crippen LogP contribution in [0.1, 0.15) is 77.6 Å². The number of nitrogens with zero attached hydrogens (tertiary/aromatic N) is 1. The van der Waals surface area contributed by atoms with Crippen LogP contribution in [0.5, 0.6) is 0 Å². The number of halogens is 4. The number of ketones is 1. The fourth-order valence-corrected chi connectivity index (χ4v) is 5.86. The van der Waals surface area contributed by atoms with Gasteiger partial charge in [0.15, 0.2) is 11.2 Å². The average Bonchev–Trinajstić information content (AvgIpc) is 3.12. The first-order valence-corrected chi connectivity index (χ1v) is 12.8. The van der Waals surface area contributed by atoms with Gasteiger partial charge in [0.2, 0.25) is 0 Å². The number of rotatable bonds is 4. The molecule has 12 heteroatoms. The van der Waals surface area contributed by atoms with Crippen molar-refractivity contribution in [3.63, 3.8) is 0 Å². The highest BCUT2D eigenvalue weighted by molar-refractivity contribution is 6.32. The van der Waals surface area contributed by atoms with E-state index >= 15 is 0 Å². The van der Waals surface area contributed by atoms with Crippen molar-refractivity contribution in [3.05, 3.63) is 28.8 Å². The Morgan fingerprint density at radius 3 is 1.97 bits per heavy atom. The summed E-state index contributed by atoms with van der Waals surface area (Å²) in [4.78, 5) is 67.1. The van der Waals surface area contributed by atoms with E-state index in [9.17, 15) is 37.1 Å². The van der Waals surface area contributed by atoms with Gasteiger partial charge < -0.3 is 9.47 Å². The third kappa shape index (κ3) is 3.98. The minimum atomic E-state index is -5.37. The molecule has 2 heterocycles. The molecule has 0 N–H and O–H groups in total. The molecule has 8 nitrogen and oxygen atoms in total. The maximum absolute atomic E-state index is 14.4. The highest BCUT2D eigenvalue weighted by Gasteiger charge is 2.77. The van der Waals surface area contributed by atoms with E-state index in [1.165, 1.54) is 6.92 Å². The van der Waals surface area contributed by atoms with Gasteiger partial charge >= 0.3 is 18.1 Å². The van der Waals surface area contributed by atoms with Crippen LogP contribution < -0.4 is 4.90 Å². The second-order valence-electron chi connectivity index (χ2n) is 12.1. The Labute approximate surface area is 228 Å². The highest BCUT2D eigenvalue weighted by Crippen LogP contribution is 2.66. The Bertz CT molecular complexity index is 1320. The van der Waals surface area contributed by atoms with Gasteiger partial charge in [-0.2, -0.15) is 13.2 Å². The van der Waals surface area contributed by atoms with Crippen LogP contribution in [0, 0.1) is 16.2 Å². The van der Waals surface area contributed by atoms with Gasteiger partial charge in [-0.3, -0.25) is 24.0 Å². The largest absolute Gasteiger partial charge is 0.454 e. The molecular weight excluding hydrogens is 543 g/mol. The molecule has 3 fully saturated rings. The summed E-state index contributed by atoms with van der Waals surface area (Å²) in [6, 6.07) is 2.78. The van der Waals surface area contributed by atoms with Crippen molar-refractivity contribution in [3.8, 4) is 0 Å². The van der Waals surface area contributed by atoms with Crippen molar-refractivity contribution < 1.29 is 46.6 Å². The van der Waals surface area contributed by atoms with Crippen LogP contribution in [-0.2, 0) is 28.7 Å². The minimum absolute atomic E-state index is 0.00940. The lowest BCUT2D eigenvalue weighted by molar-refractivity contribution is -0.185. The van der Waals surface area contributed by atoms with Crippen LogP contribution in [0.2, 0.25) is 5.02 Å². The number of carbonyl (C=O) groups is 5. The first kappa shape index (κ1) is 29.0. The van der Waals surface area contributed by atoms with Gasteiger partial charge in [-0.25, -0.2) is 4.90 Å². The number of Topliss-reactive ketones (excluding diaryl/α,β-unsaturated/α-hetero) is 1. The lowest BCUT2D eigenvalue weighted by Gasteiger charge is -2.43. The highest BCUT2D eigenvalue weighted by atomic mass is 35.5. The fraction of sp³-hybridized carbons (Fsp3) is 0.593. The molecule has 2 saturated heterocycles. The van der Waals surface area contributed by atoms with E-state index in [2.05, 4.69) is 0 Å². The summed E-state index contributed by atoms with van der Waals surface area (Å²) in [5.41, 5.74) is -8.89. The average molecular weight is 572 g/mol. The Kier molecular flexibility index (Phi) is 6.35. The van der Waals surface area contributed by atoms with E-state index in [1.807, 2.05) is 0 Å². The summed E-state index contributed by atoms with van der Waals surface area (Å²) in [5.74, 6) is -6.06. The summed E-state index contributed by atoms with van der Waals surface area (Å²) in [6.45, 7) is 9.32. The lowest BCUT2D eigenvalue weighted by Crippen LogP contribution is -2.62. The Hall–Kier alpha value is -2.95. The Morgan fingerprint density at radius 1 is 0.872 bits per heavy atom. The molecule has 0 aromatic heterocycles. The van der Waals surface area contributed by atoms with E-state index in [-0.39, 0.29) is 30.7 Å². The van der Waals surface area contributed by atoms with Gasteiger partial charge in [0.05, 0.1) is 22.1 Å². The number of fused-ring (bicyclic) bond motifs is 2. The standard InChI is InChI=1S/C27H29ClF3NO7/c1-22(2)9-11-25(6,38-20(22)36)18(34)32(16-8-7-14(28)13-15(16)17(33)27(29,30)31)19(35)26-12-10-24(5,21(37)39-26)23(26,3)4/h7-8,13H,9-12H2,1-6H3. The molecule has 3 aliphatic rings. The summed E-state index contributed by atoms with van der Waals surface area (Å²) in [6.07, 6.45) is -5.04. The molecule has 3 unspecified atom stereocenters. The number of ether oxygens (including phenoxy) is 2. The lowest BCUT2D eigenvalue weighted by atomic mass is 9.66. The first-order valence-electron chi connectivity index (χ1n) is 12.4. The maximum atomic E-state index is 14.4. The molecule has 1 aliphatic carbocycles. The predicted octanol–water partition coefficient (Wildman–Crippen LogP) is 5.19. The van der Waals surface area contributed by atoms with Gasteiger partial charge in [-0.05, 0) is 71.6 Å². The maximum Gasteiger partial charge on any atom is 0.454 e. The molecule has 2 aliphatic heterocycles. The third-order valence-electron chi connectivity index (χ3n) is 9.09. The summed E-state index contributed by atoms with van der Waals surface area (Å²) < 4.78 is 52.0. The normalized spacial score (nSPS) is 30.9. The number of hydrogen-bond donors (Lipinski definition) is 0. The van der Waals surface area contributed by atoms with Crippen molar-refractivity contribution >= 4 is 46.8 Å². The van der Waals surface area contributed by atoms with Gasteiger partial charge in [0.1, 0.15) is 0 Å². The van der Waals surface area contributed by atoms with E-state index < -0.39 is 74.4 Å². The van der Waals surface area contributed by atoms with E-state index in [4.69, 9.17) is 21.1 Å².